The van der Waals surface area contributed by atoms with Gasteiger partial charge in [0.05, 0.1) is 11.4 Å². The van der Waals surface area contributed by atoms with Crippen molar-refractivity contribution < 1.29 is 22.4 Å². The Morgan fingerprint density at radius 2 is 1.79 bits per heavy atom. The van der Waals surface area contributed by atoms with Crippen LogP contribution in [0.2, 0.25) is 0 Å². The molecular formula is C18H20FN3O4S2. The Bertz CT molecular complexity index is 982. The van der Waals surface area contributed by atoms with Gasteiger partial charge in [0.2, 0.25) is 15.9 Å². The number of amides is 2. The number of carbonyl (C=O) groups excluding carboxylic acids is 2. The van der Waals surface area contributed by atoms with E-state index in [1.54, 1.807) is 17.0 Å². The molecule has 0 aliphatic carbocycles. The highest BCUT2D eigenvalue weighted by Gasteiger charge is 2.32. The zero-order valence-electron chi connectivity index (χ0n) is 15.2. The van der Waals surface area contributed by atoms with Crippen molar-refractivity contribution in [3.05, 3.63) is 52.0 Å². The smallest absolute Gasteiger partial charge is 0.264 e. The van der Waals surface area contributed by atoms with Gasteiger partial charge in [0.25, 0.3) is 5.91 Å². The summed E-state index contributed by atoms with van der Waals surface area (Å²) in [4.78, 5) is 26.3. The van der Waals surface area contributed by atoms with Gasteiger partial charge in [-0.1, -0.05) is 12.1 Å². The lowest BCUT2D eigenvalue weighted by atomic mass is 10.3. The van der Waals surface area contributed by atoms with E-state index in [-0.39, 0.29) is 42.9 Å². The highest BCUT2D eigenvalue weighted by molar-refractivity contribution is 7.89. The Kier molecular flexibility index (Phi) is 6.11. The van der Waals surface area contributed by atoms with E-state index in [9.17, 15) is 22.4 Å². The molecule has 28 heavy (non-hydrogen) atoms. The maximum absolute atomic E-state index is 13.9. The van der Waals surface area contributed by atoms with Crippen LogP contribution < -0.4 is 5.32 Å². The van der Waals surface area contributed by atoms with E-state index in [1.807, 2.05) is 0 Å². The summed E-state index contributed by atoms with van der Waals surface area (Å²) in [6.45, 7) is 2.45. The average Bonchev–Trinajstić information content (AvgIpc) is 3.15. The highest BCUT2D eigenvalue weighted by atomic mass is 32.2. The molecule has 0 spiro atoms. The fourth-order valence-electron chi connectivity index (χ4n) is 2.88. The first-order valence-corrected chi connectivity index (χ1v) is 10.9. The van der Waals surface area contributed by atoms with Crippen LogP contribution in [0.4, 0.5) is 4.39 Å². The number of hydrogen-bond acceptors (Lipinski definition) is 5. The van der Waals surface area contributed by atoms with E-state index in [1.165, 1.54) is 40.8 Å². The maximum atomic E-state index is 13.9. The topological polar surface area (TPSA) is 86.8 Å². The van der Waals surface area contributed by atoms with E-state index < -0.39 is 15.8 Å². The minimum absolute atomic E-state index is 0.104. The normalized spacial score (nSPS) is 15.4. The SMILES string of the molecule is CC(=O)NCc1ccc(C(=O)N2CCN(S(=O)(=O)c3ccccc3F)CC2)s1. The zero-order valence-corrected chi connectivity index (χ0v) is 16.9. The lowest BCUT2D eigenvalue weighted by molar-refractivity contribution is -0.119. The number of piperazine rings is 1. The third-order valence-electron chi connectivity index (χ3n) is 4.36. The molecule has 7 nitrogen and oxygen atoms in total. The Morgan fingerprint density at radius 1 is 1.11 bits per heavy atom. The second kappa shape index (κ2) is 8.38. The molecule has 3 rings (SSSR count). The monoisotopic (exact) mass is 425 g/mol. The lowest BCUT2D eigenvalue weighted by Crippen LogP contribution is -2.50. The Morgan fingerprint density at radius 3 is 2.43 bits per heavy atom. The number of halogens is 1. The first kappa shape index (κ1) is 20.4. The summed E-state index contributed by atoms with van der Waals surface area (Å²) in [7, 11) is -3.94. The van der Waals surface area contributed by atoms with Gasteiger partial charge in [-0.2, -0.15) is 4.31 Å². The Balaban J connectivity index is 1.63. The summed E-state index contributed by atoms with van der Waals surface area (Å²) in [5.41, 5.74) is 0. The van der Waals surface area contributed by atoms with Gasteiger partial charge in [-0.05, 0) is 24.3 Å². The number of sulfonamides is 1. The van der Waals surface area contributed by atoms with Crippen LogP contribution in [0.1, 0.15) is 21.5 Å². The number of carbonyl (C=O) groups is 2. The number of nitrogens with one attached hydrogen (secondary N) is 1. The molecule has 1 saturated heterocycles. The Hall–Kier alpha value is -2.30. The van der Waals surface area contributed by atoms with Crippen molar-refractivity contribution in [2.24, 2.45) is 0 Å². The number of hydrogen-bond donors (Lipinski definition) is 1. The molecule has 2 aromatic rings. The molecule has 1 aromatic carbocycles. The van der Waals surface area contributed by atoms with Gasteiger partial charge < -0.3 is 10.2 Å². The molecule has 0 unspecified atom stereocenters. The van der Waals surface area contributed by atoms with E-state index in [2.05, 4.69) is 5.32 Å². The standard InChI is InChI=1S/C18H20FN3O4S2/c1-13(23)20-12-14-6-7-16(27-14)18(24)21-8-10-22(11-9-21)28(25,26)17-5-3-2-4-15(17)19/h2-7H,8-12H2,1H3,(H,20,23). The third-order valence-corrected chi connectivity index (χ3v) is 7.37. The van der Waals surface area contributed by atoms with Gasteiger partial charge in [-0.25, -0.2) is 12.8 Å². The second-order valence-electron chi connectivity index (χ2n) is 6.30. The molecule has 1 aromatic heterocycles. The van der Waals surface area contributed by atoms with Crippen LogP contribution in [0, 0.1) is 5.82 Å². The summed E-state index contributed by atoms with van der Waals surface area (Å²) in [5.74, 6) is -1.11. The molecule has 2 heterocycles. The van der Waals surface area contributed by atoms with Crippen LogP contribution in [0.5, 0.6) is 0 Å². The molecular weight excluding hydrogens is 405 g/mol. The number of nitrogens with zero attached hydrogens (tertiary/aromatic N) is 2. The first-order chi connectivity index (χ1) is 13.3. The summed E-state index contributed by atoms with van der Waals surface area (Å²) in [6, 6.07) is 8.75. The number of thiophene rings is 1. The minimum atomic E-state index is -3.94. The van der Waals surface area contributed by atoms with Crippen molar-refractivity contribution in [3.8, 4) is 0 Å². The molecule has 1 aliphatic heterocycles. The summed E-state index contributed by atoms with van der Waals surface area (Å²) in [6.07, 6.45) is 0. The largest absolute Gasteiger partial charge is 0.351 e. The van der Waals surface area contributed by atoms with Gasteiger partial charge in [0, 0.05) is 38.0 Å². The average molecular weight is 426 g/mol. The Labute approximate surface area is 166 Å². The highest BCUT2D eigenvalue weighted by Crippen LogP contribution is 2.22. The zero-order chi connectivity index (χ0) is 20.3. The minimum Gasteiger partial charge on any atom is -0.351 e. The number of rotatable bonds is 5. The second-order valence-corrected chi connectivity index (χ2v) is 9.38. The van der Waals surface area contributed by atoms with Gasteiger partial charge in [-0.3, -0.25) is 9.59 Å². The molecule has 10 heteroatoms. The summed E-state index contributed by atoms with van der Waals surface area (Å²) in [5, 5.41) is 2.68. The quantitative estimate of drug-likeness (QED) is 0.790. The van der Waals surface area contributed by atoms with Crippen molar-refractivity contribution in [2.75, 3.05) is 26.2 Å². The van der Waals surface area contributed by atoms with Crippen LogP contribution in [0.15, 0.2) is 41.3 Å². The van der Waals surface area contributed by atoms with E-state index >= 15 is 0 Å². The summed E-state index contributed by atoms with van der Waals surface area (Å²) < 4.78 is 40.4. The molecule has 1 N–H and O–H groups in total. The summed E-state index contributed by atoms with van der Waals surface area (Å²) >= 11 is 1.29. The van der Waals surface area contributed by atoms with Crippen molar-refractivity contribution in [1.29, 1.82) is 0 Å². The van der Waals surface area contributed by atoms with Gasteiger partial charge in [-0.15, -0.1) is 11.3 Å². The van der Waals surface area contributed by atoms with Gasteiger partial charge >= 0.3 is 0 Å². The fourth-order valence-corrected chi connectivity index (χ4v) is 5.28. The maximum Gasteiger partial charge on any atom is 0.264 e. The molecule has 2 amide bonds. The first-order valence-electron chi connectivity index (χ1n) is 8.66. The molecule has 0 bridgehead atoms. The molecule has 1 aliphatic rings. The fraction of sp³-hybridized carbons (Fsp3) is 0.333. The van der Waals surface area contributed by atoms with Gasteiger partial charge in [0.1, 0.15) is 10.7 Å². The molecule has 1 fully saturated rings. The van der Waals surface area contributed by atoms with Gasteiger partial charge in [0.15, 0.2) is 0 Å². The van der Waals surface area contributed by atoms with Crippen LogP contribution in [-0.2, 0) is 21.4 Å². The van der Waals surface area contributed by atoms with E-state index in [4.69, 9.17) is 0 Å². The lowest BCUT2D eigenvalue weighted by Gasteiger charge is -2.33. The predicted molar refractivity (Wildman–Crippen MR) is 103 cm³/mol. The van der Waals surface area contributed by atoms with Crippen molar-refractivity contribution in [3.63, 3.8) is 0 Å². The molecule has 0 atom stereocenters. The number of benzene rings is 1. The van der Waals surface area contributed by atoms with Crippen LogP contribution in [0.3, 0.4) is 0 Å². The molecule has 0 radical (unpaired) electrons. The molecule has 150 valence electrons. The van der Waals surface area contributed by atoms with Crippen LogP contribution in [-0.4, -0.2) is 55.6 Å². The van der Waals surface area contributed by atoms with Crippen molar-refractivity contribution >= 4 is 33.2 Å². The van der Waals surface area contributed by atoms with Crippen LogP contribution in [0.25, 0.3) is 0 Å². The van der Waals surface area contributed by atoms with Crippen molar-refractivity contribution in [2.45, 2.75) is 18.4 Å². The third kappa shape index (κ3) is 4.40. The van der Waals surface area contributed by atoms with E-state index in [0.29, 0.717) is 11.4 Å². The van der Waals surface area contributed by atoms with Crippen LogP contribution >= 0.6 is 11.3 Å². The predicted octanol–water partition coefficient (Wildman–Crippen LogP) is 1.67. The van der Waals surface area contributed by atoms with Crippen molar-refractivity contribution in [1.82, 2.24) is 14.5 Å². The molecule has 0 saturated carbocycles. The van der Waals surface area contributed by atoms with E-state index in [0.717, 1.165) is 10.9 Å².